The molecule has 11 heteroatoms. The number of rotatable bonds is 4. The largest absolute Gasteiger partial charge is 0.378 e. The van der Waals surface area contributed by atoms with Gasteiger partial charge in [-0.1, -0.05) is 0 Å². The molecule has 0 aliphatic carbocycles. The van der Waals surface area contributed by atoms with Gasteiger partial charge in [0.15, 0.2) is 11.2 Å². The lowest BCUT2D eigenvalue weighted by Crippen LogP contribution is -2.54. The molecule has 2 saturated heterocycles. The molecule has 2 aromatic heterocycles. The van der Waals surface area contributed by atoms with Crippen LogP contribution < -0.4 is 11.2 Å². The number of hydrogen-bond donors (Lipinski definition) is 0. The fourth-order valence-electron chi connectivity index (χ4n) is 4.37. The number of carbonyl (C=O) groups is 1. The lowest BCUT2D eigenvalue weighted by molar-refractivity contribution is 0.0376. The Bertz CT molecular complexity index is 1070. The molecule has 2 fully saturated rings. The van der Waals surface area contributed by atoms with Crippen LogP contribution in [0, 0.1) is 0 Å². The van der Waals surface area contributed by atoms with Crippen molar-refractivity contribution < 1.29 is 9.53 Å². The number of urea groups is 1. The third kappa shape index (κ3) is 4.11. The van der Waals surface area contributed by atoms with E-state index < -0.39 is 0 Å². The van der Waals surface area contributed by atoms with Crippen molar-refractivity contribution in [3.63, 3.8) is 0 Å². The van der Waals surface area contributed by atoms with Crippen LogP contribution in [0.4, 0.5) is 4.79 Å². The second-order valence-corrected chi connectivity index (χ2v) is 8.28. The molecule has 4 heterocycles. The van der Waals surface area contributed by atoms with Gasteiger partial charge in [0.1, 0.15) is 5.82 Å². The minimum atomic E-state index is -0.369. The molecule has 0 aromatic carbocycles. The van der Waals surface area contributed by atoms with Crippen LogP contribution in [0.5, 0.6) is 0 Å². The standard InChI is InChI=1S/C20H31N7O4/c1-22-15(21-17-16(22)18(28)24(3)19(29)23(17)2)5-4-6-25-7-9-26(10-8-25)20(30)27-11-13-31-14-12-27/h4-14H2,1-3H3. The topological polar surface area (TPSA) is 97.8 Å². The van der Waals surface area contributed by atoms with Crippen LogP contribution >= 0.6 is 0 Å². The van der Waals surface area contributed by atoms with E-state index in [1.54, 1.807) is 11.6 Å². The fourth-order valence-corrected chi connectivity index (χ4v) is 4.37. The number of ether oxygens (including phenoxy) is 1. The summed E-state index contributed by atoms with van der Waals surface area (Å²) in [4.78, 5) is 48.0. The molecule has 2 amide bonds. The zero-order chi connectivity index (χ0) is 22.1. The number of nitrogens with zero attached hydrogens (tertiary/aromatic N) is 7. The number of carbonyl (C=O) groups excluding carboxylic acids is 1. The van der Waals surface area contributed by atoms with Gasteiger partial charge in [-0.2, -0.15) is 0 Å². The Balaban J connectivity index is 1.32. The molecule has 0 atom stereocenters. The van der Waals surface area contributed by atoms with Crippen molar-refractivity contribution in [3.8, 4) is 0 Å². The highest BCUT2D eigenvalue weighted by Gasteiger charge is 2.26. The minimum Gasteiger partial charge on any atom is -0.378 e. The number of morpholine rings is 1. The summed E-state index contributed by atoms with van der Waals surface area (Å²) in [7, 11) is 4.95. The van der Waals surface area contributed by atoms with Crippen LogP contribution in [0.3, 0.4) is 0 Å². The molecule has 0 spiro atoms. The van der Waals surface area contributed by atoms with E-state index in [0.29, 0.717) is 37.5 Å². The lowest BCUT2D eigenvalue weighted by atomic mass is 10.2. The van der Waals surface area contributed by atoms with E-state index in [2.05, 4.69) is 9.88 Å². The first-order chi connectivity index (χ1) is 14.9. The Morgan fingerprint density at radius 3 is 2.23 bits per heavy atom. The number of imidazole rings is 1. The Labute approximate surface area is 180 Å². The summed E-state index contributed by atoms with van der Waals surface area (Å²) >= 11 is 0. The maximum Gasteiger partial charge on any atom is 0.332 e. The van der Waals surface area contributed by atoms with Crippen molar-refractivity contribution in [2.24, 2.45) is 21.1 Å². The van der Waals surface area contributed by atoms with Gasteiger partial charge in [-0.05, 0) is 13.0 Å². The zero-order valence-corrected chi connectivity index (χ0v) is 18.5. The second kappa shape index (κ2) is 8.83. The maximum atomic E-state index is 12.6. The van der Waals surface area contributed by atoms with Gasteiger partial charge in [0.2, 0.25) is 0 Å². The Morgan fingerprint density at radius 1 is 0.903 bits per heavy atom. The predicted molar refractivity (Wildman–Crippen MR) is 115 cm³/mol. The number of hydrogen-bond acceptors (Lipinski definition) is 6. The van der Waals surface area contributed by atoms with Crippen molar-refractivity contribution in [2.45, 2.75) is 12.8 Å². The first-order valence-electron chi connectivity index (χ1n) is 10.8. The fraction of sp³-hybridized carbons (Fsp3) is 0.700. The highest BCUT2D eigenvalue weighted by molar-refractivity contribution is 5.74. The van der Waals surface area contributed by atoms with Crippen LogP contribution in [0.2, 0.25) is 0 Å². The van der Waals surface area contributed by atoms with Crippen molar-refractivity contribution in [2.75, 3.05) is 59.0 Å². The van der Waals surface area contributed by atoms with Gasteiger partial charge in [-0.15, -0.1) is 0 Å². The summed E-state index contributed by atoms with van der Waals surface area (Å²) in [6, 6.07) is 0.120. The van der Waals surface area contributed by atoms with Gasteiger partial charge in [0, 0.05) is 66.8 Å². The van der Waals surface area contributed by atoms with Crippen LogP contribution in [0.25, 0.3) is 11.2 Å². The number of amides is 2. The number of aromatic nitrogens is 4. The van der Waals surface area contributed by atoms with Crippen molar-refractivity contribution in [1.82, 2.24) is 33.4 Å². The monoisotopic (exact) mass is 433 g/mol. The third-order valence-electron chi connectivity index (χ3n) is 6.37. The molecule has 170 valence electrons. The first-order valence-corrected chi connectivity index (χ1v) is 10.8. The second-order valence-electron chi connectivity index (χ2n) is 8.28. The van der Waals surface area contributed by atoms with Gasteiger partial charge in [0.25, 0.3) is 5.56 Å². The van der Waals surface area contributed by atoms with Crippen LogP contribution in [0.1, 0.15) is 12.2 Å². The summed E-state index contributed by atoms with van der Waals surface area (Å²) in [5, 5.41) is 0. The van der Waals surface area contributed by atoms with Gasteiger partial charge < -0.3 is 19.1 Å². The summed E-state index contributed by atoms with van der Waals surface area (Å²) in [6.07, 6.45) is 1.61. The SMILES string of the molecule is Cn1c(=O)c2c(nc(CCCN3CCN(C(=O)N4CCOCC4)CC3)n2C)n(C)c1=O. The molecule has 2 aromatic rings. The first kappa shape index (κ1) is 21.6. The molecule has 4 rings (SSSR count). The number of piperazine rings is 1. The van der Waals surface area contributed by atoms with Crippen LogP contribution in [0.15, 0.2) is 9.59 Å². The Kier molecular flexibility index (Phi) is 6.15. The van der Waals surface area contributed by atoms with Crippen LogP contribution in [-0.2, 0) is 32.3 Å². The molecule has 0 unspecified atom stereocenters. The molecule has 0 saturated carbocycles. The van der Waals surface area contributed by atoms with Gasteiger partial charge in [-0.3, -0.25) is 18.8 Å². The number of fused-ring (bicyclic) bond motifs is 1. The third-order valence-corrected chi connectivity index (χ3v) is 6.37. The van der Waals surface area contributed by atoms with Gasteiger partial charge in [0.05, 0.1) is 13.2 Å². The smallest absolute Gasteiger partial charge is 0.332 e. The van der Waals surface area contributed by atoms with E-state index >= 15 is 0 Å². The van der Waals surface area contributed by atoms with E-state index in [4.69, 9.17) is 4.74 Å². The highest BCUT2D eigenvalue weighted by atomic mass is 16.5. The molecule has 0 bridgehead atoms. The van der Waals surface area contributed by atoms with Crippen molar-refractivity contribution in [1.29, 1.82) is 0 Å². The van der Waals surface area contributed by atoms with Crippen molar-refractivity contribution >= 4 is 17.2 Å². The summed E-state index contributed by atoms with van der Waals surface area (Å²) in [5.74, 6) is 0.800. The molecule has 31 heavy (non-hydrogen) atoms. The molecular formula is C20H31N7O4. The predicted octanol–water partition coefficient (Wildman–Crippen LogP) is -1.03. The average Bonchev–Trinajstić information content (AvgIpc) is 3.13. The number of aryl methyl sites for hydroxylation is 3. The average molecular weight is 434 g/mol. The van der Waals surface area contributed by atoms with E-state index in [1.807, 2.05) is 16.8 Å². The van der Waals surface area contributed by atoms with E-state index in [-0.39, 0.29) is 17.3 Å². The molecule has 2 aliphatic heterocycles. The summed E-state index contributed by atoms with van der Waals surface area (Å²) in [6.45, 7) is 6.67. The molecular weight excluding hydrogens is 402 g/mol. The van der Waals surface area contributed by atoms with Crippen LogP contribution in [-0.4, -0.2) is 98.4 Å². The highest BCUT2D eigenvalue weighted by Crippen LogP contribution is 2.12. The van der Waals surface area contributed by atoms with Crippen molar-refractivity contribution in [3.05, 3.63) is 26.7 Å². The Hall–Kier alpha value is -2.66. The van der Waals surface area contributed by atoms with E-state index in [9.17, 15) is 14.4 Å². The molecule has 11 nitrogen and oxygen atoms in total. The minimum absolute atomic E-state index is 0.120. The van der Waals surface area contributed by atoms with E-state index in [1.165, 1.54) is 11.6 Å². The summed E-state index contributed by atoms with van der Waals surface area (Å²) < 4.78 is 9.66. The maximum absolute atomic E-state index is 12.6. The molecule has 0 radical (unpaired) electrons. The van der Waals surface area contributed by atoms with E-state index in [0.717, 1.165) is 56.0 Å². The quantitative estimate of drug-likeness (QED) is 0.612. The van der Waals surface area contributed by atoms with Gasteiger partial charge >= 0.3 is 11.7 Å². The Morgan fingerprint density at radius 2 is 1.55 bits per heavy atom. The molecule has 0 N–H and O–H groups in total. The molecule has 2 aliphatic rings. The lowest BCUT2D eigenvalue weighted by Gasteiger charge is -2.38. The van der Waals surface area contributed by atoms with Gasteiger partial charge in [-0.25, -0.2) is 14.6 Å². The zero-order valence-electron chi connectivity index (χ0n) is 18.5. The normalized spacial score (nSPS) is 18.2. The summed E-state index contributed by atoms with van der Waals surface area (Å²) in [5.41, 5.74) is 0.197.